The van der Waals surface area contributed by atoms with Gasteiger partial charge in [-0.1, -0.05) is 30.5 Å². The predicted molar refractivity (Wildman–Crippen MR) is 123 cm³/mol. The molecule has 0 spiro atoms. The highest BCUT2D eigenvalue weighted by molar-refractivity contribution is 6.31. The van der Waals surface area contributed by atoms with Crippen molar-refractivity contribution in [2.24, 2.45) is 5.92 Å². The van der Waals surface area contributed by atoms with Gasteiger partial charge >= 0.3 is 0 Å². The minimum Gasteiger partial charge on any atom is -0.384 e. The molecule has 1 aromatic carbocycles. The van der Waals surface area contributed by atoms with E-state index in [1.54, 1.807) is 12.3 Å². The monoisotopic (exact) mass is 426 g/mol. The average Bonchev–Trinajstić information content (AvgIpc) is 3.30. The maximum absolute atomic E-state index is 12.9. The number of carbonyl (C=O) groups excluding carboxylic acids is 1. The second kappa shape index (κ2) is 9.80. The summed E-state index contributed by atoms with van der Waals surface area (Å²) in [4.78, 5) is 19.8. The predicted octanol–water partition coefficient (Wildman–Crippen LogP) is 5.36. The molecule has 2 aliphatic rings. The van der Waals surface area contributed by atoms with Gasteiger partial charge in [-0.25, -0.2) is 4.98 Å². The van der Waals surface area contributed by atoms with E-state index in [0.29, 0.717) is 22.3 Å². The number of anilines is 2. The fourth-order valence-corrected chi connectivity index (χ4v) is 4.80. The molecule has 2 heterocycles. The molecule has 1 aliphatic heterocycles. The van der Waals surface area contributed by atoms with Gasteiger partial charge in [-0.2, -0.15) is 0 Å². The lowest BCUT2D eigenvalue weighted by Gasteiger charge is -2.36. The molecule has 1 aliphatic carbocycles. The van der Waals surface area contributed by atoms with E-state index in [9.17, 15) is 4.79 Å². The van der Waals surface area contributed by atoms with Crippen molar-refractivity contribution in [1.82, 2.24) is 9.88 Å². The Hall–Kier alpha value is -2.11. The molecule has 2 fully saturated rings. The van der Waals surface area contributed by atoms with E-state index >= 15 is 0 Å². The van der Waals surface area contributed by atoms with Gasteiger partial charge in [0.2, 0.25) is 0 Å². The summed E-state index contributed by atoms with van der Waals surface area (Å²) in [5.41, 5.74) is 2.42. The molecule has 0 atom stereocenters. The van der Waals surface area contributed by atoms with Crippen molar-refractivity contribution in [1.29, 1.82) is 0 Å². The first-order valence-corrected chi connectivity index (χ1v) is 11.5. The summed E-state index contributed by atoms with van der Waals surface area (Å²) in [5, 5.41) is 6.93. The highest BCUT2D eigenvalue weighted by atomic mass is 35.5. The summed E-state index contributed by atoms with van der Waals surface area (Å²) in [6.45, 7) is 5.24. The molecule has 5 nitrogen and oxygen atoms in total. The van der Waals surface area contributed by atoms with Gasteiger partial charge in [0.1, 0.15) is 5.82 Å². The van der Waals surface area contributed by atoms with E-state index in [4.69, 9.17) is 11.6 Å². The largest absolute Gasteiger partial charge is 0.384 e. The van der Waals surface area contributed by atoms with Crippen molar-refractivity contribution in [2.75, 3.05) is 30.3 Å². The van der Waals surface area contributed by atoms with Crippen LogP contribution in [0.25, 0.3) is 0 Å². The Bertz CT molecular complexity index is 856. The van der Waals surface area contributed by atoms with Crippen LogP contribution in [0.5, 0.6) is 0 Å². The molecule has 160 valence electrons. The Balaban J connectivity index is 1.35. The van der Waals surface area contributed by atoms with Crippen LogP contribution < -0.4 is 10.6 Å². The quantitative estimate of drug-likeness (QED) is 0.652. The van der Waals surface area contributed by atoms with E-state index < -0.39 is 0 Å². The van der Waals surface area contributed by atoms with Crippen LogP contribution in [0.2, 0.25) is 5.02 Å². The Morgan fingerprint density at radius 3 is 2.60 bits per heavy atom. The highest BCUT2D eigenvalue weighted by Crippen LogP contribution is 2.29. The summed E-state index contributed by atoms with van der Waals surface area (Å²) in [6.07, 6.45) is 9.71. The lowest BCUT2D eigenvalue weighted by molar-refractivity contribution is 0.102. The number of rotatable bonds is 6. The van der Waals surface area contributed by atoms with Crippen molar-refractivity contribution in [3.8, 4) is 0 Å². The molecule has 30 heavy (non-hydrogen) atoms. The van der Waals surface area contributed by atoms with Gasteiger partial charge in [0, 0.05) is 29.5 Å². The number of nitrogens with zero attached hydrogens (tertiary/aromatic N) is 2. The zero-order chi connectivity index (χ0) is 20.9. The third-order valence-corrected chi connectivity index (χ3v) is 6.69. The van der Waals surface area contributed by atoms with Crippen LogP contribution >= 0.6 is 11.6 Å². The van der Waals surface area contributed by atoms with E-state index in [0.717, 1.165) is 23.8 Å². The highest BCUT2D eigenvalue weighted by Gasteiger charge is 2.27. The number of benzene rings is 1. The maximum Gasteiger partial charge on any atom is 0.258 e. The molecule has 0 bridgehead atoms. The van der Waals surface area contributed by atoms with Gasteiger partial charge in [-0.15, -0.1) is 0 Å². The fraction of sp³-hybridized carbons (Fsp3) is 0.500. The molecular formula is C24H31ClN4O. The van der Waals surface area contributed by atoms with Gasteiger partial charge in [0.05, 0.1) is 5.56 Å². The molecule has 2 aromatic rings. The average molecular weight is 427 g/mol. The fourth-order valence-electron chi connectivity index (χ4n) is 4.63. The lowest BCUT2D eigenvalue weighted by atomic mass is 9.95. The topological polar surface area (TPSA) is 57.3 Å². The lowest BCUT2D eigenvalue weighted by Crippen LogP contribution is -2.41. The number of likely N-dealkylation sites (tertiary alicyclic amines) is 1. The number of amides is 1. The third-order valence-electron chi connectivity index (χ3n) is 6.45. The molecule has 1 amide bonds. The van der Waals surface area contributed by atoms with Gasteiger partial charge in [0.25, 0.3) is 5.91 Å². The van der Waals surface area contributed by atoms with E-state index in [2.05, 4.69) is 20.5 Å². The Kier molecular flexibility index (Phi) is 6.90. The number of hydrogen-bond acceptors (Lipinski definition) is 4. The van der Waals surface area contributed by atoms with E-state index in [1.165, 1.54) is 51.6 Å². The van der Waals surface area contributed by atoms with Crippen LogP contribution in [0.3, 0.4) is 0 Å². The SMILES string of the molecule is Cc1ccc(NC(=O)c2cc(Cl)ccc2NCC2CCN(C3CCCC3)CC2)nc1. The number of nitrogens with one attached hydrogen (secondary N) is 2. The smallest absolute Gasteiger partial charge is 0.258 e. The van der Waals surface area contributed by atoms with Crippen LogP contribution in [-0.2, 0) is 0 Å². The van der Waals surface area contributed by atoms with Gasteiger partial charge in [-0.05, 0) is 81.4 Å². The molecule has 0 radical (unpaired) electrons. The second-order valence-corrected chi connectivity index (χ2v) is 9.10. The first kappa shape index (κ1) is 21.1. The normalized spacial score (nSPS) is 18.5. The van der Waals surface area contributed by atoms with E-state index in [1.807, 2.05) is 31.2 Å². The van der Waals surface area contributed by atoms with E-state index in [-0.39, 0.29) is 5.91 Å². The number of aryl methyl sites for hydroxylation is 1. The molecule has 2 N–H and O–H groups in total. The van der Waals surface area contributed by atoms with Crippen molar-refractivity contribution in [2.45, 2.75) is 51.5 Å². The van der Waals surface area contributed by atoms with Crippen LogP contribution in [0.15, 0.2) is 36.5 Å². The van der Waals surface area contributed by atoms with Crippen LogP contribution in [0, 0.1) is 12.8 Å². The second-order valence-electron chi connectivity index (χ2n) is 8.66. The summed E-state index contributed by atoms with van der Waals surface area (Å²) >= 11 is 6.18. The number of aromatic nitrogens is 1. The maximum atomic E-state index is 12.9. The summed E-state index contributed by atoms with van der Waals surface area (Å²) < 4.78 is 0. The number of halogens is 1. The molecule has 1 saturated heterocycles. The van der Waals surface area contributed by atoms with Gasteiger partial charge in [0.15, 0.2) is 0 Å². The Labute approximate surface area is 184 Å². The first-order chi connectivity index (χ1) is 14.6. The van der Waals surface area contributed by atoms with Crippen LogP contribution in [0.4, 0.5) is 11.5 Å². The van der Waals surface area contributed by atoms with Crippen LogP contribution in [-0.4, -0.2) is 41.5 Å². The molecule has 4 rings (SSSR count). The standard InChI is InChI=1S/C24H31ClN4O/c1-17-6-9-23(27-15-17)28-24(30)21-14-19(25)7-8-22(21)26-16-18-10-12-29(13-11-18)20-4-2-3-5-20/h6-9,14-15,18,20,26H,2-5,10-13,16H2,1H3,(H,27,28,30). The minimum atomic E-state index is -0.201. The van der Waals surface area contributed by atoms with Crippen molar-refractivity contribution >= 4 is 29.0 Å². The molecule has 1 saturated carbocycles. The molecular weight excluding hydrogens is 396 g/mol. The van der Waals surface area contributed by atoms with Crippen molar-refractivity contribution < 1.29 is 4.79 Å². The zero-order valence-corrected chi connectivity index (χ0v) is 18.4. The summed E-state index contributed by atoms with van der Waals surface area (Å²) in [5.74, 6) is 0.969. The number of pyridine rings is 1. The Morgan fingerprint density at radius 2 is 1.90 bits per heavy atom. The first-order valence-electron chi connectivity index (χ1n) is 11.1. The molecule has 0 unspecified atom stereocenters. The zero-order valence-electron chi connectivity index (χ0n) is 17.7. The third kappa shape index (κ3) is 5.32. The van der Waals surface area contributed by atoms with Crippen molar-refractivity contribution in [3.05, 3.63) is 52.7 Å². The van der Waals surface area contributed by atoms with Gasteiger partial charge in [-0.3, -0.25) is 4.79 Å². The van der Waals surface area contributed by atoms with Crippen LogP contribution in [0.1, 0.15) is 54.4 Å². The molecule has 1 aromatic heterocycles. The number of hydrogen-bond donors (Lipinski definition) is 2. The molecule has 6 heteroatoms. The Morgan fingerprint density at radius 1 is 1.13 bits per heavy atom. The minimum absolute atomic E-state index is 0.201. The summed E-state index contributed by atoms with van der Waals surface area (Å²) in [6, 6.07) is 10.00. The summed E-state index contributed by atoms with van der Waals surface area (Å²) in [7, 11) is 0. The number of piperidine rings is 1. The van der Waals surface area contributed by atoms with Crippen molar-refractivity contribution in [3.63, 3.8) is 0 Å². The van der Waals surface area contributed by atoms with Gasteiger partial charge < -0.3 is 15.5 Å². The number of carbonyl (C=O) groups is 1.